The Labute approximate surface area is 83.5 Å². The maximum Gasteiger partial charge on any atom is 0.179 e. The van der Waals surface area contributed by atoms with Crippen molar-refractivity contribution < 1.29 is 9.53 Å². The van der Waals surface area contributed by atoms with Gasteiger partial charge in [0.05, 0.1) is 11.8 Å². The molecule has 1 saturated heterocycles. The highest BCUT2D eigenvalue weighted by Crippen LogP contribution is 2.17. The van der Waals surface area contributed by atoms with Gasteiger partial charge in [0.15, 0.2) is 5.78 Å². The van der Waals surface area contributed by atoms with Crippen molar-refractivity contribution in [1.29, 1.82) is 0 Å². The summed E-state index contributed by atoms with van der Waals surface area (Å²) < 4.78 is 5.46. The smallest absolute Gasteiger partial charge is 0.179 e. The number of carbonyl (C=O) groups is 1. The van der Waals surface area contributed by atoms with Crippen LogP contribution in [0.4, 0.5) is 0 Å². The number of hydrogen-bond donors (Lipinski definition) is 1. The van der Waals surface area contributed by atoms with Crippen molar-refractivity contribution in [1.82, 2.24) is 4.98 Å². The number of nitrogens with one attached hydrogen (secondary N) is 1. The van der Waals surface area contributed by atoms with Gasteiger partial charge in [-0.15, -0.1) is 0 Å². The van der Waals surface area contributed by atoms with Crippen molar-refractivity contribution in [3.05, 3.63) is 24.0 Å². The highest BCUT2D eigenvalue weighted by atomic mass is 16.5. The molecule has 1 atom stereocenters. The van der Waals surface area contributed by atoms with Crippen LogP contribution in [0.5, 0.6) is 0 Å². The van der Waals surface area contributed by atoms with E-state index in [1.54, 1.807) is 6.20 Å². The van der Waals surface area contributed by atoms with Gasteiger partial charge in [0.1, 0.15) is 0 Å². The van der Waals surface area contributed by atoms with Gasteiger partial charge < -0.3 is 9.72 Å². The highest BCUT2D eigenvalue weighted by molar-refractivity contribution is 5.94. The molecule has 0 radical (unpaired) electrons. The second-order valence-corrected chi connectivity index (χ2v) is 3.68. The van der Waals surface area contributed by atoms with Gasteiger partial charge in [0, 0.05) is 19.2 Å². The highest BCUT2D eigenvalue weighted by Gasteiger charge is 2.17. The number of Topliss-reactive ketones (excluding diaryl/α,β-unsaturated/α-hetero) is 1. The Morgan fingerprint density at radius 1 is 1.64 bits per heavy atom. The lowest BCUT2D eigenvalue weighted by molar-refractivity contribution is 0.0856. The third kappa shape index (κ3) is 2.23. The van der Waals surface area contributed by atoms with Crippen LogP contribution in [0.1, 0.15) is 36.2 Å². The van der Waals surface area contributed by atoms with Crippen LogP contribution < -0.4 is 0 Å². The lowest BCUT2D eigenvalue weighted by Gasteiger charge is -2.07. The summed E-state index contributed by atoms with van der Waals surface area (Å²) in [6, 6.07) is 3.66. The summed E-state index contributed by atoms with van der Waals surface area (Å²) in [6.07, 6.45) is 5.79. The molecule has 1 aromatic rings. The first-order valence-corrected chi connectivity index (χ1v) is 5.14. The number of rotatable bonds is 4. The quantitative estimate of drug-likeness (QED) is 0.744. The summed E-state index contributed by atoms with van der Waals surface area (Å²) in [7, 11) is 0. The van der Waals surface area contributed by atoms with E-state index >= 15 is 0 Å². The van der Waals surface area contributed by atoms with E-state index in [2.05, 4.69) is 4.98 Å². The lowest BCUT2D eigenvalue weighted by atomic mass is 10.1. The van der Waals surface area contributed by atoms with Crippen molar-refractivity contribution in [2.24, 2.45) is 0 Å². The van der Waals surface area contributed by atoms with Crippen molar-refractivity contribution in [3.8, 4) is 0 Å². The second kappa shape index (κ2) is 4.42. The molecule has 0 spiro atoms. The summed E-state index contributed by atoms with van der Waals surface area (Å²) in [4.78, 5) is 14.5. The molecule has 0 bridgehead atoms. The van der Waals surface area contributed by atoms with Gasteiger partial charge in [0.25, 0.3) is 0 Å². The third-order valence-corrected chi connectivity index (χ3v) is 2.62. The molecule has 1 aliphatic heterocycles. The Morgan fingerprint density at radius 2 is 2.57 bits per heavy atom. The van der Waals surface area contributed by atoms with Gasteiger partial charge in [-0.3, -0.25) is 4.79 Å². The molecule has 2 heterocycles. The predicted octanol–water partition coefficient (Wildman–Crippen LogP) is 2.16. The van der Waals surface area contributed by atoms with Crippen LogP contribution in [0.15, 0.2) is 18.3 Å². The fraction of sp³-hybridized carbons (Fsp3) is 0.545. The van der Waals surface area contributed by atoms with Crippen molar-refractivity contribution in [2.45, 2.75) is 31.8 Å². The standard InChI is InChI=1S/C11H15NO2/c13-11(10-4-1-7-12-10)6-5-9-3-2-8-14-9/h1,4,7,9,12H,2-3,5-6,8H2. The molecule has 0 aliphatic carbocycles. The van der Waals surface area contributed by atoms with Crippen LogP contribution in [0.3, 0.4) is 0 Å². The van der Waals surface area contributed by atoms with Gasteiger partial charge in [-0.05, 0) is 31.4 Å². The Balaban J connectivity index is 1.78. The average molecular weight is 193 g/mol. The van der Waals surface area contributed by atoms with Crippen LogP contribution in [0, 0.1) is 0 Å². The molecule has 1 aliphatic rings. The maximum absolute atomic E-state index is 11.6. The minimum atomic E-state index is 0.186. The first kappa shape index (κ1) is 9.46. The number of aromatic nitrogens is 1. The molecule has 76 valence electrons. The molecule has 0 saturated carbocycles. The monoisotopic (exact) mass is 193 g/mol. The number of ketones is 1. The summed E-state index contributed by atoms with van der Waals surface area (Å²) in [5.74, 6) is 0.186. The van der Waals surface area contributed by atoms with Gasteiger partial charge in [-0.1, -0.05) is 0 Å². The largest absolute Gasteiger partial charge is 0.378 e. The molecule has 14 heavy (non-hydrogen) atoms. The molecule has 2 rings (SSSR count). The van der Waals surface area contributed by atoms with Crippen LogP contribution in [-0.2, 0) is 4.74 Å². The second-order valence-electron chi connectivity index (χ2n) is 3.68. The van der Waals surface area contributed by atoms with Crippen LogP contribution >= 0.6 is 0 Å². The van der Waals surface area contributed by atoms with Crippen molar-refractivity contribution in [2.75, 3.05) is 6.61 Å². The van der Waals surface area contributed by atoms with Crippen LogP contribution in [0.2, 0.25) is 0 Å². The number of H-pyrrole nitrogens is 1. The molecule has 1 N–H and O–H groups in total. The van der Waals surface area contributed by atoms with E-state index in [9.17, 15) is 4.79 Å². The molecular formula is C11H15NO2. The van der Waals surface area contributed by atoms with E-state index in [4.69, 9.17) is 4.74 Å². The normalized spacial score (nSPS) is 21.3. The first-order valence-electron chi connectivity index (χ1n) is 5.14. The van der Waals surface area contributed by atoms with Crippen LogP contribution in [-0.4, -0.2) is 23.5 Å². The summed E-state index contributed by atoms with van der Waals surface area (Å²) in [5, 5.41) is 0. The van der Waals surface area contributed by atoms with E-state index in [1.807, 2.05) is 12.1 Å². The number of hydrogen-bond acceptors (Lipinski definition) is 2. The van der Waals surface area contributed by atoms with Gasteiger partial charge in [-0.2, -0.15) is 0 Å². The first-order chi connectivity index (χ1) is 6.86. The topological polar surface area (TPSA) is 42.1 Å². The number of carbonyl (C=O) groups excluding carboxylic acids is 1. The molecule has 3 heteroatoms. The van der Waals surface area contributed by atoms with Gasteiger partial charge in [0.2, 0.25) is 0 Å². The fourth-order valence-electron chi connectivity index (χ4n) is 1.80. The third-order valence-electron chi connectivity index (χ3n) is 2.62. The van der Waals surface area contributed by atoms with Gasteiger partial charge in [-0.25, -0.2) is 0 Å². The van der Waals surface area contributed by atoms with Crippen LogP contribution in [0.25, 0.3) is 0 Å². The zero-order valence-corrected chi connectivity index (χ0v) is 8.16. The predicted molar refractivity (Wildman–Crippen MR) is 53.3 cm³/mol. The van der Waals surface area contributed by atoms with E-state index in [0.717, 1.165) is 25.9 Å². The average Bonchev–Trinajstić information content (AvgIpc) is 2.87. The Kier molecular flexibility index (Phi) is 2.99. The maximum atomic E-state index is 11.6. The van der Waals surface area contributed by atoms with E-state index in [-0.39, 0.29) is 5.78 Å². The minimum absolute atomic E-state index is 0.186. The zero-order chi connectivity index (χ0) is 9.80. The number of ether oxygens (including phenoxy) is 1. The molecule has 1 aromatic heterocycles. The summed E-state index contributed by atoms with van der Waals surface area (Å²) in [5.41, 5.74) is 0.711. The molecule has 0 aromatic carbocycles. The zero-order valence-electron chi connectivity index (χ0n) is 8.16. The summed E-state index contributed by atoms with van der Waals surface area (Å²) in [6.45, 7) is 0.862. The van der Waals surface area contributed by atoms with E-state index in [0.29, 0.717) is 18.2 Å². The Morgan fingerprint density at radius 3 is 3.21 bits per heavy atom. The fourth-order valence-corrected chi connectivity index (χ4v) is 1.80. The Bertz CT molecular complexity index is 286. The Hall–Kier alpha value is -1.09. The minimum Gasteiger partial charge on any atom is -0.378 e. The van der Waals surface area contributed by atoms with Gasteiger partial charge >= 0.3 is 0 Å². The van der Waals surface area contributed by atoms with Crippen molar-refractivity contribution in [3.63, 3.8) is 0 Å². The van der Waals surface area contributed by atoms with Crippen molar-refractivity contribution >= 4 is 5.78 Å². The molecular weight excluding hydrogens is 178 g/mol. The lowest BCUT2D eigenvalue weighted by Crippen LogP contribution is -2.08. The number of aromatic amines is 1. The molecule has 0 amide bonds. The molecule has 3 nitrogen and oxygen atoms in total. The molecule has 1 fully saturated rings. The summed E-state index contributed by atoms with van der Waals surface area (Å²) >= 11 is 0. The molecule has 1 unspecified atom stereocenters. The van der Waals surface area contributed by atoms with E-state index < -0.39 is 0 Å². The SMILES string of the molecule is O=C(CCC1CCCO1)c1ccc[nH]1. The van der Waals surface area contributed by atoms with E-state index in [1.165, 1.54) is 0 Å².